The van der Waals surface area contributed by atoms with Crippen LogP contribution < -0.4 is 0 Å². The van der Waals surface area contributed by atoms with Crippen molar-refractivity contribution >= 4 is 16.9 Å². The van der Waals surface area contributed by atoms with E-state index in [2.05, 4.69) is 17.1 Å². The quantitative estimate of drug-likeness (QED) is 0.815. The van der Waals surface area contributed by atoms with Crippen LogP contribution in [0.4, 0.5) is 0 Å². The highest BCUT2D eigenvalue weighted by Crippen LogP contribution is 2.35. The van der Waals surface area contributed by atoms with Gasteiger partial charge in [0.25, 0.3) is 0 Å². The van der Waals surface area contributed by atoms with Gasteiger partial charge in [0.15, 0.2) is 5.58 Å². The molecule has 3 heterocycles. The number of rotatable bonds is 3. The van der Waals surface area contributed by atoms with E-state index in [1.807, 2.05) is 24.3 Å². The number of benzene rings is 1. The van der Waals surface area contributed by atoms with Crippen molar-refractivity contribution in [2.24, 2.45) is 0 Å². The molecule has 3 atom stereocenters. The van der Waals surface area contributed by atoms with Crippen molar-refractivity contribution < 1.29 is 14.1 Å². The molecule has 0 aliphatic carbocycles. The Labute approximate surface area is 129 Å². The van der Waals surface area contributed by atoms with E-state index in [9.17, 15) is 4.79 Å². The minimum absolute atomic E-state index is 0.0550. The topological polar surface area (TPSA) is 55.6 Å². The Hall–Kier alpha value is -1.88. The van der Waals surface area contributed by atoms with Crippen LogP contribution in [0.15, 0.2) is 28.8 Å². The van der Waals surface area contributed by atoms with Gasteiger partial charge >= 0.3 is 5.97 Å². The summed E-state index contributed by atoms with van der Waals surface area (Å²) in [5, 5.41) is 4.89. The molecule has 2 fully saturated rings. The Bertz CT molecular complexity index is 682. The molecular formula is C17H20N2O3. The Morgan fingerprint density at radius 1 is 1.32 bits per heavy atom. The number of nitrogens with zero attached hydrogens (tertiary/aromatic N) is 2. The van der Waals surface area contributed by atoms with Crippen molar-refractivity contribution in [2.45, 2.75) is 50.3 Å². The first-order valence-corrected chi connectivity index (χ1v) is 7.95. The predicted octanol–water partition coefficient (Wildman–Crippen LogP) is 2.54. The van der Waals surface area contributed by atoms with Crippen molar-refractivity contribution in [3.8, 4) is 0 Å². The third kappa shape index (κ3) is 2.39. The number of carbonyl (C=O) groups is 1. The number of fused-ring (bicyclic) bond motifs is 3. The molecule has 2 aliphatic heterocycles. The predicted molar refractivity (Wildman–Crippen MR) is 81.4 cm³/mol. The van der Waals surface area contributed by atoms with E-state index in [1.165, 1.54) is 12.8 Å². The summed E-state index contributed by atoms with van der Waals surface area (Å²) in [6.07, 6.45) is 4.60. The third-order valence-electron chi connectivity index (χ3n) is 5.12. The zero-order chi connectivity index (χ0) is 15.1. The molecule has 0 spiro atoms. The first-order valence-electron chi connectivity index (χ1n) is 7.95. The number of aromatic nitrogens is 1. The fourth-order valence-electron chi connectivity index (χ4n) is 3.89. The zero-order valence-corrected chi connectivity index (χ0v) is 12.7. The summed E-state index contributed by atoms with van der Waals surface area (Å²) in [6.45, 7) is 0. The van der Waals surface area contributed by atoms with Crippen LogP contribution >= 0.6 is 0 Å². The summed E-state index contributed by atoms with van der Waals surface area (Å²) >= 11 is 0. The number of ether oxygens (including phenoxy) is 1. The maximum atomic E-state index is 12.2. The summed E-state index contributed by atoms with van der Waals surface area (Å²) in [6, 6.07) is 8.73. The molecule has 0 N–H and O–H groups in total. The average molecular weight is 300 g/mol. The van der Waals surface area contributed by atoms with Crippen LogP contribution in [0.2, 0.25) is 0 Å². The number of hydrogen-bond acceptors (Lipinski definition) is 5. The SMILES string of the molecule is CN1[C@@H]2CC[C@H]1CC(OC(=O)Cc1noc3ccccc13)C2. The van der Waals surface area contributed by atoms with Gasteiger partial charge in [0.05, 0.1) is 6.42 Å². The van der Waals surface area contributed by atoms with Crippen LogP contribution in [0.1, 0.15) is 31.4 Å². The van der Waals surface area contributed by atoms with Crippen molar-refractivity contribution in [1.29, 1.82) is 0 Å². The van der Waals surface area contributed by atoms with Crippen LogP contribution in [-0.4, -0.2) is 41.3 Å². The van der Waals surface area contributed by atoms with Crippen molar-refractivity contribution in [3.05, 3.63) is 30.0 Å². The molecule has 4 rings (SSSR count). The second-order valence-corrected chi connectivity index (χ2v) is 6.44. The van der Waals surface area contributed by atoms with Crippen molar-refractivity contribution in [2.75, 3.05) is 7.05 Å². The molecule has 22 heavy (non-hydrogen) atoms. The molecule has 2 aromatic rings. The molecule has 1 aromatic carbocycles. The maximum Gasteiger partial charge on any atom is 0.312 e. The molecule has 5 heteroatoms. The van der Waals surface area contributed by atoms with E-state index < -0.39 is 0 Å². The highest BCUT2D eigenvalue weighted by molar-refractivity contribution is 5.84. The molecule has 0 saturated carbocycles. The van der Waals surface area contributed by atoms with Crippen molar-refractivity contribution in [1.82, 2.24) is 10.1 Å². The number of esters is 1. The van der Waals surface area contributed by atoms with Crippen LogP contribution in [0, 0.1) is 0 Å². The van der Waals surface area contributed by atoms with Gasteiger partial charge in [-0.3, -0.25) is 4.79 Å². The molecule has 1 aromatic heterocycles. The van der Waals surface area contributed by atoms with Gasteiger partial charge in [-0.1, -0.05) is 17.3 Å². The minimum Gasteiger partial charge on any atom is -0.462 e. The van der Waals surface area contributed by atoms with Crippen LogP contribution in [0.3, 0.4) is 0 Å². The molecular weight excluding hydrogens is 280 g/mol. The third-order valence-corrected chi connectivity index (χ3v) is 5.12. The van der Waals surface area contributed by atoms with E-state index in [4.69, 9.17) is 9.26 Å². The minimum atomic E-state index is -0.201. The molecule has 1 unspecified atom stereocenters. The van der Waals surface area contributed by atoms with Gasteiger partial charge in [-0.2, -0.15) is 0 Å². The van der Waals surface area contributed by atoms with Gasteiger partial charge in [-0.25, -0.2) is 0 Å². The fraction of sp³-hybridized carbons (Fsp3) is 0.529. The number of piperidine rings is 1. The first-order chi connectivity index (χ1) is 10.7. The van der Waals surface area contributed by atoms with Gasteiger partial charge < -0.3 is 14.2 Å². The molecule has 2 bridgehead atoms. The van der Waals surface area contributed by atoms with E-state index >= 15 is 0 Å². The van der Waals surface area contributed by atoms with Gasteiger partial charge in [-0.05, 0) is 44.9 Å². The van der Waals surface area contributed by atoms with Gasteiger partial charge in [-0.15, -0.1) is 0 Å². The van der Waals surface area contributed by atoms with E-state index in [0.29, 0.717) is 23.4 Å². The summed E-state index contributed by atoms with van der Waals surface area (Å²) in [7, 11) is 2.18. The number of para-hydroxylation sites is 1. The number of hydrogen-bond donors (Lipinski definition) is 0. The number of carbonyl (C=O) groups excluding carboxylic acids is 1. The average Bonchev–Trinajstić information content (AvgIpc) is 2.98. The molecule has 0 amide bonds. The van der Waals surface area contributed by atoms with Crippen LogP contribution in [0.25, 0.3) is 11.0 Å². The highest BCUT2D eigenvalue weighted by Gasteiger charge is 2.39. The summed E-state index contributed by atoms with van der Waals surface area (Å²) < 4.78 is 10.9. The van der Waals surface area contributed by atoms with Crippen molar-refractivity contribution in [3.63, 3.8) is 0 Å². The smallest absolute Gasteiger partial charge is 0.312 e. The van der Waals surface area contributed by atoms with Gasteiger partial charge in [0.2, 0.25) is 0 Å². The summed E-state index contributed by atoms with van der Waals surface area (Å²) in [5.41, 5.74) is 1.37. The second kappa shape index (κ2) is 5.39. The largest absolute Gasteiger partial charge is 0.462 e. The molecule has 5 nitrogen and oxygen atoms in total. The maximum absolute atomic E-state index is 12.2. The molecule has 0 radical (unpaired) electrons. The summed E-state index contributed by atoms with van der Waals surface area (Å²) in [4.78, 5) is 14.7. The van der Waals surface area contributed by atoms with E-state index in [0.717, 1.165) is 18.2 Å². The Morgan fingerprint density at radius 2 is 2.05 bits per heavy atom. The summed E-state index contributed by atoms with van der Waals surface area (Å²) in [5.74, 6) is -0.201. The fourth-order valence-corrected chi connectivity index (χ4v) is 3.89. The standard InChI is InChI=1S/C17H20N2O3/c1-19-11-6-7-12(19)9-13(8-11)21-17(20)10-15-14-4-2-3-5-16(14)22-18-15/h2-5,11-13H,6-10H2,1H3/t11-,12+,13?. The van der Waals surface area contributed by atoms with Crippen LogP contribution in [0.5, 0.6) is 0 Å². The highest BCUT2D eigenvalue weighted by atomic mass is 16.5. The molecule has 2 saturated heterocycles. The lowest BCUT2D eigenvalue weighted by atomic mass is 10.0. The van der Waals surface area contributed by atoms with Crippen LogP contribution in [-0.2, 0) is 16.0 Å². The van der Waals surface area contributed by atoms with E-state index in [1.54, 1.807) is 0 Å². The van der Waals surface area contributed by atoms with Gasteiger partial charge in [0, 0.05) is 17.5 Å². The normalized spacial score (nSPS) is 28.1. The van der Waals surface area contributed by atoms with Gasteiger partial charge in [0.1, 0.15) is 11.8 Å². The molecule has 2 aliphatic rings. The van der Waals surface area contributed by atoms with E-state index in [-0.39, 0.29) is 18.5 Å². The lowest BCUT2D eigenvalue weighted by Gasteiger charge is -2.35. The Morgan fingerprint density at radius 3 is 2.82 bits per heavy atom. The Kier molecular flexibility index (Phi) is 3.37. The zero-order valence-electron chi connectivity index (χ0n) is 12.7. The molecule has 116 valence electrons. The lowest BCUT2D eigenvalue weighted by molar-refractivity contribution is -0.151. The Balaban J connectivity index is 1.41. The second-order valence-electron chi connectivity index (χ2n) is 6.44. The first kappa shape index (κ1) is 13.8. The monoisotopic (exact) mass is 300 g/mol. The lowest BCUT2D eigenvalue weighted by Crippen LogP contribution is -2.43.